The summed E-state index contributed by atoms with van der Waals surface area (Å²) in [5, 5.41) is 0.315. The van der Waals surface area contributed by atoms with Crippen molar-refractivity contribution in [3.05, 3.63) is 53.1 Å². The minimum absolute atomic E-state index is 0.114. The largest absolute Gasteiger partial charge is 0.368 e. The van der Waals surface area contributed by atoms with E-state index in [-0.39, 0.29) is 11.8 Å². The molecule has 1 aliphatic rings. The summed E-state index contributed by atoms with van der Waals surface area (Å²) in [5.74, 6) is 0.687. The van der Waals surface area contributed by atoms with Gasteiger partial charge in [-0.1, -0.05) is 43.6 Å². The summed E-state index contributed by atoms with van der Waals surface area (Å²) in [5.41, 5.74) is 1.50. The van der Waals surface area contributed by atoms with Crippen LogP contribution in [0.2, 0.25) is 5.02 Å². The number of carbonyl (C=O) groups excluding carboxylic acids is 1. The number of anilines is 1. The van der Waals surface area contributed by atoms with Gasteiger partial charge in [-0.3, -0.25) is 4.79 Å². The number of halogens is 1. The van der Waals surface area contributed by atoms with Gasteiger partial charge in [0.05, 0.1) is 11.2 Å². The summed E-state index contributed by atoms with van der Waals surface area (Å²) in [7, 11) is 0. The van der Waals surface area contributed by atoms with Crippen molar-refractivity contribution in [2.45, 2.75) is 19.8 Å². The fourth-order valence-corrected chi connectivity index (χ4v) is 2.94. The lowest BCUT2D eigenvalue weighted by Crippen LogP contribution is -2.49. The van der Waals surface area contributed by atoms with Crippen molar-refractivity contribution in [1.29, 1.82) is 0 Å². The predicted octanol–water partition coefficient (Wildman–Crippen LogP) is 3.22. The van der Waals surface area contributed by atoms with Crippen LogP contribution in [0.5, 0.6) is 0 Å². The lowest BCUT2D eigenvalue weighted by molar-refractivity contribution is 0.0740. The van der Waals surface area contributed by atoms with Crippen LogP contribution >= 0.6 is 11.6 Å². The molecule has 1 aromatic heterocycles. The molecule has 0 N–H and O–H groups in total. The molecule has 1 aliphatic heterocycles. The number of aromatic nitrogens is 2. The summed E-state index contributed by atoms with van der Waals surface area (Å²) in [6, 6.07) is 10.2. The number of amides is 1. The summed E-state index contributed by atoms with van der Waals surface area (Å²) >= 11 is 6.16. The molecule has 0 unspecified atom stereocenters. The number of nitrogens with zero attached hydrogens (tertiary/aromatic N) is 4. The smallest absolute Gasteiger partial charge is 0.274 e. The van der Waals surface area contributed by atoms with Gasteiger partial charge in [-0.05, 0) is 12.1 Å². The lowest BCUT2D eigenvalue weighted by atomic mass is 10.2. The molecule has 0 spiro atoms. The SMILES string of the molecule is CC(C)c1ncc(Cl)c(C(=O)N2CCN(c3ccccc3)CC2)n1. The van der Waals surface area contributed by atoms with Gasteiger partial charge in [0, 0.05) is 37.8 Å². The van der Waals surface area contributed by atoms with Crippen molar-refractivity contribution in [2.75, 3.05) is 31.1 Å². The molecule has 1 fully saturated rings. The van der Waals surface area contributed by atoms with Gasteiger partial charge in [-0.15, -0.1) is 0 Å². The highest BCUT2D eigenvalue weighted by molar-refractivity contribution is 6.33. The van der Waals surface area contributed by atoms with Crippen molar-refractivity contribution in [2.24, 2.45) is 0 Å². The number of piperazine rings is 1. The zero-order valence-corrected chi connectivity index (χ0v) is 14.7. The van der Waals surface area contributed by atoms with Crippen LogP contribution in [-0.2, 0) is 0 Å². The maximum absolute atomic E-state index is 12.8. The third kappa shape index (κ3) is 3.51. The number of rotatable bonds is 3. The average Bonchev–Trinajstić information content (AvgIpc) is 2.62. The first-order chi connectivity index (χ1) is 11.6. The van der Waals surface area contributed by atoms with Gasteiger partial charge in [0.15, 0.2) is 5.69 Å². The number of benzene rings is 1. The highest BCUT2D eigenvalue weighted by Crippen LogP contribution is 2.20. The lowest BCUT2D eigenvalue weighted by Gasteiger charge is -2.36. The van der Waals surface area contributed by atoms with E-state index < -0.39 is 0 Å². The van der Waals surface area contributed by atoms with E-state index in [9.17, 15) is 4.79 Å². The third-order valence-electron chi connectivity index (χ3n) is 4.17. The molecule has 1 saturated heterocycles. The Labute approximate surface area is 147 Å². The Hall–Kier alpha value is -2.14. The molecule has 126 valence electrons. The monoisotopic (exact) mass is 344 g/mol. The van der Waals surface area contributed by atoms with E-state index in [0.29, 0.717) is 29.6 Å². The standard InChI is InChI=1S/C18H21ClN4O/c1-13(2)17-20-12-15(19)16(21-17)18(24)23-10-8-22(9-11-23)14-6-4-3-5-7-14/h3-7,12-13H,8-11H2,1-2H3. The number of hydrogen-bond donors (Lipinski definition) is 0. The molecule has 5 nitrogen and oxygen atoms in total. The summed E-state index contributed by atoms with van der Waals surface area (Å²) in [4.78, 5) is 25.4. The molecule has 2 heterocycles. The molecule has 0 radical (unpaired) electrons. The van der Waals surface area contributed by atoms with E-state index in [1.165, 1.54) is 11.9 Å². The van der Waals surface area contributed by atoms with E-state index in [1.807, 2.05) is 36.9 Å². The van der Waals surface area contributed by atoms with E-state index in [2.05, 4.69) is 27.0 Å². The van der Waals surface area contributed by atoms with Gasteiger partial charge in [-0.2, -0.15) is 0 Å². The van der Waals surface area contributed by atoms with Gasteiger partial charge >= 0.3 is 0 Å². The first-order valence-electron chi connectivity index (χ1n) is 8.18. The predicted molar refractivity (Wildman–Crippen MR) is 95.7 cm³/mol. The summed E-state index contributed by atoms with van der Waals surface area (Å²) in [6.45, 7) is 6.91. The molecule has 1 amide bonds. The third-order valence-corrected chi connectivity index (χ3v) is 4.45. The van der Waals surface area contributed by atoms with Crippen LogP contribution in [0.1, 0.15) is 36.1 Å². The van der Waals surface area contributed by atoms with Crippen molar-refractivity contribution in [3.8, 4) is 0 Å². The number of carbonyl (C=O) groups is 1. The Morgan fingerprint density at radius 1 is 1.12 bits per heavy atom. The minimum atomic E-state index is -0.114. The zero-order chi connectivity index (χ0) is 17.1. The Bertz CT molecular complexity index is 712. The Balaban J connectivity index is 1.70. The molecule has 0 saturated carbocycles. The second-order valence-electron chi connectivity index (χ2n) is 6.19. The average molecular weight is 345 g/mol. The second kappa shape index (κ2) is 7.18. The Kier molecular flexibility index (Phi) is 5.00. The maximum Gasteiger partial charge on any atom is 0.274 e. The van der Waals surface area contributed by atoms with Crippen molar-refractivity contribution in [1.82, 2.24) is 14.9 Å². The molecule has 1 aromatic carbocycles. The van der Waals surface area contributed by atoms with Gasteiger partial charge in [0.2, 0.25) is 0 Å². The quantitative estimate of drug-likeness (QED) is 0.857. The topological polar surface area (TPSA) is 49.3 Å². The number of hydrogen-bond acceptors (Lipinski definition) is 4. The van der Waals surface area contributed by atoms with Gasteiger partial charge < -0.3 is 9.80 Å². The Morgan fingerprint density at radius 2 is 1.79 bits per heavy atom. The van der Waals surface area contributed by atoms with Crippen LogP contribution in [0.3, 0.4) is 0 Å². The van der Waals surface area contributed by atoms with Crippen LogP contribution in [-0.4, -0.2) is 47.0 Å². The van der Waals surface area contributed by atoms with E-state index >= 15 is 0 Å². The highest BCUT2D eigenvalue weighted by atomic mass is 35.5. The normalized spacial score (nSPS) is 15.0. The summed E-state index contributed by atoms with van der Waals surface area (Å²) in [6.07, 6.45) is 1.53. The van der Waals surface area contributed by atoms with E-state index in [1.54, 1.807) is 0 Å². The molecule has 24 heavy (non-hydrogen) atoms. The van der Waals surface area contributed by atoms with Crippen molar-refractivity contribution < 1.29 is 4.79 Å². The van der Waals surface area contributed by atoms with Gasteiger partial charge in [0.1, 0.15) is 5.82 Å². The van der Waals surface area contributed by atoms with Gasteiger partial charge in [0.25, 0.3) is 5.91 Å². The van der Waals surface area contributed by atoms with Crippen LogP contribution in [0, 0.1) is 0 Å². The second-order valence-corrected chi connectivity index (χ2v) is 6.60. The van der Waals surface area contributed by atoms with Crippen LogP contribution in [0.4, 0.5) is 5.69 Å². The highest BCUT2D eigenvalue weighted by Gasteiger charge is 2.25. The Morgan fingerprint density at radius 3 is 2.42 bits per heavy atom. The first-order valence-corrected chi connectivity index (χ1v) is 8.55. The fourth-order valence-electron chi connectivity index (χ4n) is 2.77. The first kappa shape index (κ1) is 16.7. The molecule has 0 atom stereocenters. The maximum atomic E-state index is 12.8. The van der Waals surface area contributed by atoms with Crippen LogP contribution in [0.25, 0.3) is 0 Å². The fraction of sp³-hybridized carbons (Fsp3) is 0.389. The van der Waals surface area contributed by atoms with Crippen molar-refractivity contribution in [3.63, 3.8) is 0 Å². The molecular weight excluding hydrogens is 324 g/mol. The summed E-state index contributed by atoms with van der Waals surface area (Å²) < 4.78 is 0. The molecule has 3 rings (SSSR count). The molecule has 6 heteroatoms. The molecule has 0 bridgehead atoms. The number of para-hydroxylation sites is 1. The minimum Gasteiger partial charge on any atom is -0.368 e. The van der Waals surface area contributed by atoms with Crippen molar-refractivity contribution >= 4 is 23.2 Å². The molecular formula is C18H21ClN4O. The zero-order valence-electron chi connectivity index (χ0n) is 13.9. The van der Waals surface area contributed by atoms with E-state index in [4.69, 9.17) is 11.6 Å². The van der Waals surface area contributed by atoms with Crippen LogP contribution < -0.4 is 4.90 Å². The van der Waals surface area contributed by atoms with Gasteiger partial charge in [-0.25, -0.2) is 9.97 Å². The molecule has 0 aliphatic carbocycles. The van der Waals surface area contributed by atoms with E-state index in [0.717, 1.165) is 13.1 Å². The van der Waals surface area contributed by atoms with Crippen LogP contribution in [0.15, 0.2) is 36.5 Å². The molecule has 2 aromatic rings.